The molecule has 0 saturated heterocycles. The average molecular weight is 445 g/mol. The fourth-order valence-electron chi connectivity index (χ4n) is 3.15. The Labute approximate surface area is 186 Å². The van der Waals surface area contributed by atoms with Crippen LogP contribution in [-0.2, 0) is 4.79 Å². The summed E-state index contributed by atoms with van der Waals surface area (Å²) in [7, 11) is 0. The molecule has 0 saturated carbocycles. The number of hydrogen-bond acceptors (Lipinski definition) is 6. The number of nitrogens with zero attached hydrogens (tertiary/aromatic N) is 4. The van der Waals surface area contributed by atoms with Gasteiger partial charge in [-0.25, -0.2) is 14.1 Å². The van der Waals surface area contributed by atoms with Gasteiger partial charge >= 0.3 is 0 Å². The Morgan fingerprint density at radius 3 is 2.84 bits per heavy atom. The molecule has 0 bridgehead atoms. The number of ether oxygens (including phenoxy) is 1. The lowest BCUT2D eigenvalue weighted by Gasteiger charge is -2.18. The summed E-state index contributed by atoms with van der Waals surface area (Å²) in [4.78, 5) is 20.7. The van der Waals surface area contributed by atoms with Gasteiger partial charge in [-0.15, -0.1) is 11.3 Å². The summed E-state index contributed by atoms with van der Waals surface area (Å²) in [5, 5.41) is 9.30. The van der Waals surface area contributed by atoms with Crippen molar-refractivity contribution in [2.45, 2.75) is 0 Å². The van der Waals surface area contributed by atoms with E-state index in [1.54, 1.807) is 47.5 Å². The maximum atomic E-state index is 14.2. The van der Waals surface area contributed by atoms with Crippen molar-refractivity contribution >= 4 is 34.8 Å². The van der Waals surface area contributed by atoms with Gasteiger partial charge in [-0.3, -0.25) is 9.78 Å². The number of rotatable bonds is 4. The number of carbonyl (C=O) groups excluding carboxylic acids is 1. The van der Waals surface area contributed by atoms with Crippen LogP contribution in [0.1, 0.15) is 5.56 Å². The van der Waals surface area contributed by atoms with Crippen molar-refractivity contribution in [1.29, 1.82) is 0 Å². The van der Waals surface area contributed by atoms with Gasteiger partial charge in [0.25, 0.3) is 5.91 Å². The zero-order chi connectivity index (χ0) is 21.9. The van der Waals surface area contributed by atoms with E-state index in [9.17, 15) is 9.18 Å². The van der Waals surface area contributed by atoms with Crippen molar-refractivity contribution in [2.75, 3.05) is 11.9 Å². The molecule has 0 aliphatic carbocycles. The number of aromatic nitrogens is 2. The molecule has 0 spiro atoms. The molecular formula is C23H16FN5O2S. The van der Waals surface area contributed by atoms with Crippen LogP contribution in [0.5, 0.6) is 5.75 Å². The molecule has 1 amide bonds. The first kappa shape index (κ1) is 19.8. The van der Waals surface area contributed by atoms with Crippen molar-refractivity contribution in [3.8, 4) is 17.0 Å². The highest BCUT2D eigenvalue weighted by atomic mass is 32.1. The summed E-state index contributed by atoms with van der Waals surface area (Å²) >= 11 is 1.33. The average Bonchev–Trinajstić information content (AvgIpc) is 3.21. The number of amides is 1. The summed E-state index contributed by atoms with van der Waals surface area (Å²) in [5.41, 5.74) is 3.19. The fraction of sp³-hybridized carbons (Fsp3) is 0.0435. The zero-order valence-electron chi connectivity index (χ0n) is 16.6. The maximum absolute atomic E-state index is 14.2. The van der Waals surface area contributed by atoms with Gasteiger partial charge in [0, 0.05) is 23.3 Å². The molecule has 4 aromatic rings. The van der Waals surface area contributed by atoms with Crippen molar-refractivity contribution in [1.82, 2.24) is 9.66 Å². The highest BCUT2D eigenvalue weighted by Crippen LogP contribution is 2.33. The third-order valence-electron chi connectivity index (χ3n) is 4.69. The monoisotopic (exact) mass is 445 g/mol. The zero-order valence-corrected chi connectivity index (χ0v) is 17.4. The first-order chi connectivity index (χ1) is 15.7. The number of carbonyl (C=O) groups is 1. The third-order valence-corrected chi connectivity index (χ3v) is 5.51. The second kappa shape index (κ2) is 8.56. The molecule has 2 aromatic heterocycles. The van der Waals surface area contributed by atoms with Crippen LogP contribution in [-0.4, -0.2) is 28.4 Å². The largest absolute Gasteiger partial charge is 0.482 e. The standard InChI is InChI=1S/C23H16FN5O2S/c24-17-3-1-2-4-18(17)28-23-29(26-12-15-7-9-25-10-8-15)20(14-32-23)16-5-6-21-19(11-16)27-22(30)13-31-21/h1-12,14H,13H2,(H,27,30). The summed E-state index contributed by atoms with van der Waals surface area (Å²) in [6.07, 6.45) is 5.04. The van der Waals surface area contributed by atoms with Crippen molar-refractivity contribution < 1.29 is 13.9 Å². The van der Waals surface area contributed by atoms with E-state index in [4.69, 9.17) is 4.74 Å². The molecule has 2 aromatic carbocycles. The smallest absolute Gasteiger partial charge is 0.262 e. The summed E-state index contributed by atoms with van der Waals surface area (Å²) < 4.78 is 21.3. The normalized spacial score (nSPS) is 13.7. The quantitative estimate of drug-likeness (QED) is 0.478. The lowest BCUT2D eigenvalue weighted by molar-refractivity contribution is -0.118. The Morgan fingerprint density at radius 2 is 2.00 bits per heavy atom. The Morgan fingerprint density at radius 1 is 1.16 bits per heavy atom. The molecule has 1 aliphatic rings. The van der Waals surface area contributed by atoms with E-state index in [-0.39, 0.29) is 18.2 Å². The van der Waals surface area contributed by atoms with Crippen LogP contribution in [0.25, 0.3) is 11.3 Å². The summed E-state index contributed by atoms with van der Waals surface area (Å²) in [6, 6.07) is 15.5. The molecule has 1 aliphatic heterocycles. The Bertz CT molecular complexity index is 1400. The predicted molar refractivity (Wildman–Crippen MR) is 121 cm³/mol. The van der Waals surface area contributed by atoms with E-state index in [0.29, 0.717) is 16.2 Å². The molecule has 7 nitrogen and oxygen atoms in total. The van der Waals surface area contributed by atoms with Gasteiger partial charge in [0.2, 0.25) is 4.80 Å². The van der Waals surface area contributed by atoms with Gasteiger partial charge in [0.15, 0.2) is 6.61 Å². The Hall–Kier alpha value is -4.11. The minimum atomic E-state index is -0.416. The SMILES string of the molecule is O=C1COc2ccc(-c3csc(=Nc4ccccc4F)n3N=Cc3ccncc3)cc2N1. The molecule has 1 N–H and O–H groups in total. The van der Waals surface area contributed by atoms with Crippen LogP contribution < -0.4 is 14.9 Å². The number of fused-ring (bicyclic) bond motifs is 1. The molecule has 0 unspecified atom stereocenters. The van der Waals surface area contributed by atoms with Crippen LogP contribution in [0.2, 0.25) is 0 Å². The Kier molecular flexibility index (Phi) is 5.30. The van der Waals surface area contributed by atoms with Gasteiger partial charge in [-0.1, -0.05) is 12.1 Å². The van der Waals surface area contributed by atoms with Gasteiger partial charge < -0.3 is 10.1 Å². The number of thiazole rings is 1. The number of halogens is 1. The van der Waals surface area contributed by atoms with Gasteiger partial charge in [-0.2, -0.15) is 5.10 Å². The first-order valence-electron chi connectivity index (χ1n) is 9.69. The number of nitrogens with one attached hydrogen (secondary N) is 1. The minimum Gasteiger partial charge on any atom is -0.482 e. The lowest BCUT2D eigenvalue weighted by Crippen LogP contribution is -2.25. The summed E-state index contributed by atoms with van der Waals surface area (Å²) in [5.74, 6) is -0.0220. The summed E-state index contributed by atoms with van der Waals surface area (Å²) in [6.45, 7) is -0.00725. The van der Waals surface area contributed by atoms with E-state index in [1.165, 1.54) is 17.4 Å². The molecule has 0 fully saturated rings. The van der Waals surface area contributed by atoms with Crippen molar-refractivity contribution in [3.05, 3.63) is 88.6 Å². The predicted octanol–water partition coefficient (Wildman–Crippen LogP) is 4.20. The molecule has 158 valence electrons. The molecule has 9 heteroatoms. The number of benzene rings is 2. The number of pyridine rings is 1. The van der Waals surface area contributed by atoms with Crippen LogP contribution >= 0.6 is 11.3 Å². The van der Waals surface area contributed by atoms with Gasteiger partial charge in [0.05, 0.1) is 17.6 Å². The third kappa shape index (κ3) is 4.06. The van der Waals surface area contributed by atoms with Crippen molar-refractivity contribution in [2.24, 2.45) is 10.1 Å². The van der Waals surface area contributed by atoms with Crippen LogP contribution in [0.15, 0.2) is 82.5 Å². The number of para-hydroxylation sites is 1. The fourth-order valence-corrected chi connectivity index (χ4v) is 4.00. The van der Waals surface area contributed by atoms with Crippen LogP contribution in [0.3, 0.4) is 0 Å². The Balaban J connectivity index is 1.64. The van der Waals surface area contributed by atoms with Gasteiger partial charge in [0.1, 0.15) is 17.3 Å². The lowest BCUT2D eigenvalue weighted by atomic mass is 10.1. The number of hydrogen-bond donors (Lipinski definition) is 1. The highest BCUT2D eigenvalue weighted by molar-refractivity contribution is 7.07. The van der Waals surface area contributed by atoms with Crippen molar-refractivity contribution in [3.63, 3.8) is 0 Å². The molecule has 5 rings (SSSR count). The molecular weight excluding hydrogens is 429 g/mol. The van der Waals surface area contributed by atoms with Gasteiger partial charge in [-0.05, 0) is 48.0 Å². The minimum absolute atomic E-state index is 0.00725. The molecule has 0 radical (unpaired) electrons. The van der Waals surface area contributed by atoms with Crippen LogP contribution in [0.4, 0.5) is 15.8 Å². The topological polar surface area (TPSA) is 80.9 Å². The van der Waals surface area contributed by atoms with E-state index >= 15 is 0 Å². The van der Waals surface area contributed by atoms with E-state index in [1.807, 2.05) is 29.6 Å². The van der Waals surface area contributed by atoms with E-state index in [0.717, 1.165) is 16.8 Å². The second-order valence-electron chi connectivity index (χ2n) is 6.85. The molecule has 3 heterocycles. The number of anilines is 1. The van der Waals surface area contributed by atoms with E-state index < -0.39 is 5.82 Å². The molecule has 32 heavy (non-hydrogen) atoms. The highest BCUT2D eigenvalue weighted by Gasteiger charge is 2.18. The first-order valence-corrected chi connectivity index (χ1v) is 10.6. The second-order valence-corrected chi connectivity index (χ2v) is 7.69. The maximum Gasteiger partial charge on any atom is 0.262 e. The van der Waals surface area contributed by atoms with Crippen LogP contribution in [0, 0.1) is 5.82 Å². The molecule has 0 atom stereocenters. The van der Waals surface area contributed by atoms with E-state index in [2.05, 4.69) is 20.4 Å².